The van der Waals surface area contributed by atoms with E-state index in [1.165, 1.54) is 18.2 Å². The second-order valence-electron chi connectivity index (χ2n) is 5.84. The van der Waals surface area contributed by atoms with Crippen LogP contribution in [0.25, 0.3) is 11.5 Å². The first-order valence-corrected chi connectivity index (χ1v) is 9.28. The maximum Gasteiger partial charge on any atom is 0.277 e. The van der Waals surface area contributed by atoms with Gasteiger partial charge in [-0.25, -0.2) is 0 Å². The lowest BCUT2D eigenvalue weighted by Gasteiger charge is -2.06. The number of rotatable bonds is 6. The number of amides is 2. The van der Waals surface area contributed by atoms with Gasteiger partial charge in [0.05, 0.1) is 10.7 Å². The Balaban J connectivity index is 1.51. The summed E-state index contributed by atoms with van der Waals surface area (Å²) < 4.78 is 5.41. The van der Waals surface area contributed by atoms with Crippen LogP contribution in [0.4, 0.5) is 5.69 Å². The van der Waals surface area contributed by atoms with Gasteiger partial charge in [-0.05, 0) is 25.1 Å². The lowest BCUT2D eigenvalue weighted by molar-refractivity contribution is -0.384. The van der Waals surface area contributed by atoms with E-state index in [1.54, 1.807) is 30.3 Å². The molecule has 1 heterocycles. The molecule has 0 aliphatic carbocycles. The lowest BCUT2D eigenvalue weighted by Crippen LogP contribution is -2.42. The number of carbonyl (C=O) groups excluding carboxylic acids is 2. The van der Waals surface area contributed by atoms with Crippen molar-refractivity contribution >= 4 is 29.3 Å². The highest BCUT2D eigenvalue weighted by Gasteiger charge is 2.14. The molecular formula is C18H15N5O5S. The van der Waals surface area contributed by atoms with Gasteiger partial charge in [0.25, 0.3) is 16.8 Å². The van der Waals surface area contributed by atoms with Gasteiger partial charge in [0, 0.05) is 23.3 Å². The van der Waals surface area contributed by atoms with Crippen LogP contribution in [0, 0.1) is 17.0 Å². The fraction of sp³-hybridized carbons (Fsp3) is 0.111. The zero-order chi connectivity index (χ0) is 20.8. The molecule has 10 nitrogen and oxygen atoms in total. The van der Waals surface area contributed by atoms with Crippen LogP contribution in [0.3, 0.4) is 0 Å². The largest absolute Gasteiger partial charge is 0.411 e. The predicted octanol–water partition coefficient (Wildman–Crippen LogP) is 2.51. The van der Waals surface area contributed by atoms with Crippen molar-refractivity contribution in [2.45, 2.75) is 12.1 Å². The van der Waals surface area contributed by atoms with Crippen LogP contribution in [-0.2, 0) is 4.79 Å². The Labute approximate surface area is 168 Å². The smallest absolute Gasteiger partial charge is 0.277 e. The summed E-state index contributed by atoms with van der Waals surface area (Å²) in [4.78, 5) is 34.2. The zero-order valence-corrected chi connectivity index (χ0v) is 15.9. The number of benzene rings is 2. The summed E-state index contributed by atoms with van der Waals surface area (Å²) in [6.07, 6.45) is 0. The minimum absolute atomic E-state index is 0.0786. The van der Waals surface area contributed by atoms with Crippen molar-refractivity contribution in [2.24, 2.45) is 0 Å². The van der Waals surface area contributed by atoms with E-state index in [0.29, 0.717) is 11.1 Å². The summed E-state index contributed by atoms with van der Waals surface area (Å²) in [6, 6.07) is 12.7. The van der Waals surface area contributed by atoms with Gasteiger partial charge in [-0.1, -0.05) is 35.5 Å². The number of nitrogens with one attached hydrogen (secondary N) is 2. The monoisotopic (exact) mass is 413 g/mol. The van der Waals surface area contributed by atoms with E-state index in [2.05, 4.69) is 21.0 Å². The van der Waals surface area contributed by atoms with Crippen LogP contribution in [0.1, 0.15) is 15.9 Å². The molecule has 1 aromatic heterocycles. The molecule has 2 aromatic carbocycles. The van der Waals surface area contributed by atoms with E-state index >= 15 is 0 Å². The minimum atomic E-state index is -0.523. The summed E-state index contributed by atoms with van der Waals surface area (Å²) in [7, 11) is 0. The Morgan fingerprint density at radius 3 is 2.62 bits per heavy atom. The molecule has 0 unspecified atom stereocenters. The standard InChI is InChI=1S/C18H15N5O5S/c1-11-5-7-12(8-6-11)16(25)20-19-15(24)10-29-18-22-21-17(28-18)13-3-2-4-14(9-13)23(26)27/h2-9H,10H2,1H3,(H,19,24)(H,20,25). The molecule has 0 fully saturated rings. The number of nitro benzene ring substituents is 1. The highest BCUT2D eigenvalue weighted by molar-refractivity contribution is 7.99. The molecule has 0 saturated heterocycles. The first kappa shape index (κ1) is 20.0. The molecule has 0 bridgehead atoms. The van der Waals surface area contributed by atoms with Gasteiger partial charge in [0.1, 0.15) is 0 Å². The third-order valence-corrected chi connectivity index (χ3v) is 4.48. The number of carbonyl (C=O) groups is 2. The first-order chi connectivity index (χ1) is 13.9. The second-order valence-corrected chi connectivity index (χ2v) is 6.76. The van der Waals surface area contributed by atoms with E-state index in [4.69, 9.17) is 4.42 Å². The topological polar surface area (TPSA) is 140 Å². The highest BCUT2D eigenvalue weighted by Crippen LogP contribution is 2.25. The van der Waals surface area contributed by atoms with Gasteiger partial charge in [0.2, 0.25) is 11.8 Å². The molecule has 3 aromatic rings. The lowest BCUT2D eigenvalue weighted by atomic mass is 10.1. The van der Waals surface area contributed by atoms with Crippen molar-refractivity contribution in [3.05, 3.63) is 69.8 Å². The van der Waals surface area contributed by atoms with Gasteiger partial charge in [-0.15, -0.1) is 10.2 Å². The number of hydrazine groups is 1. The molecule has 3 rings (SSSR count). The molecular weight excluding hydrogens is 398 g/mol. The molecule has 0 radical (unpaired) electrons. The summed E-state index contributed by atoms with van der Waals surface area (Å²) in [6.45, 7) is 1.91. The normalized spacial score (nSPS) is 10.4. The van der Waals surface area contributed by atoms with Gasteiger partial charge in [-0.3, -0.25) is 30.6 Å². The summed E-state index contributed by atoms with van der Waals surface area (Å²) in [5.74, 6) is -0.881. The Kier molecular flexibility index (Phi) is 6.19. The van der Waals surface area contributed by atoms with Crippen molar-refractivity contribution < 1.29 is 18.9 Å². The van der Waals surface area contributed by atoms with E-state index in [-0.39, 0.29) is 22.6 Å². The second kappa shape index (κ2) is 8.97. The number of aromatic nitrogens is 2. The zero-order valence-electron chi connectivity index (χ0n) is 15.1. The summed E-state index contributed by atoms with van der Waals surface area (Å²) >= 11 is 0.966. The highest BCUT2D eigenvalue weighted by atomic mass is 32.2. The fourth-order valence-corrected chi connectivity index (χ4v) is 2.77. The van der Waals surface area contributed by atoms with Crippen molar-refractivity contribution in [1.29, 1.82) is 0 Å². The molecule has 0 saturated carbocycles. The van der Waals surface area contributed by atoms with Gasteiger partial charge < -0.3 is 4.42 Å². The fourth-order valence-electron chi connectivity index (χ4n) is 2.20. The average Bonchev–Trinajstić information content (AvgIpc) is 3.20. The molecule has 29 heavy (non-hydrogen) atoms. The van der Waals surface area contributed by atoms with Crippen LogP contribution in [0.15, 0.2) is 58.2 Å². The molecule has 0 spiro atoms. The Bertz CT molecular complexity index is 1050. The van der Waals surface area contributed by atoms with Crippen LogP contribution in [0.5, 0.6) is 0 Å². The average molecular weight is 413 g/mol. The van der Waals surface area contributed by atoms with E-state index in [1.807, 2.05) is 6.92 Å². The van der Waals surface area contributed by atoms with Gasteiger partial charge in [-0.2, -0.15) is 0 Å². The van der Waals surface area contributed by atoms with Crippen LogP contribution in [0.2, 0.25) is 0 Å². The van der Waals surface area contributed by atoms with Crippen molar-refractivity contribution in [3.8, 4) is 11.5 Å². The Morgan fingerprint density at radius 1 is 1.14 bits per heavy atom. The quantitative estimate of drug-likeness (QED) is 0.357. The number of nitrogens with zero attached hydrogens (tertiary/aromatic N) is 3. The molecule has 0 atom stereocenters. The van der Waals surface area contributed by atoms with Crippen LogP contribution in [-0.4, -0.2) is 32.7 Å². The maximum absolute atomic E-state index is 11.9. The first-order valence-electron chi connectivity index (χ1n) is 8.29. The number of nitro groups is 1. The molecule has 2 N–H and O–H groups in total. The molecule has 11 heteroatoms. The summed E-state index contributed by atoms with van der Waals surface area (Å²) in [5, 5.41) is 18.6. The molecule has 0 aliphatic heterocycles. The van der Waals surface area contributed by atoms with Crippen molar-refractivity contribution in [3.63, 3.8) is 0 Å². The Hall–Kier alpha value is -3.73. The summed E-state index contributed by atoms with van der Waals surface area (Å²) in [5.41, 5.74) is 6.36. The van der Waals surface area contributed by atoms with E-state index < -0.39 is 16.7 Å². The number of hydrogen-bond acceptors (Lipinski definition) is 8. The van der Waals surface area contributed by atoms with Crippen LogP contribution < -0.4 is 10.9 Å². The third kappa shape index (κ3) is 5.39. The van der Waals surface area contributed by atoms with E-state index in [9.17, 15) is 19.7 Å². The number of hydrogen-bond donors (Lipinski definition) is 2. The molecule has 148 valence electrons. The van der Waals surface area contributed by atoms with Crippen LogP contribution >= 0.6 is 11.8 Å². The van der Waals surface area contributed by atoms with Crippen molar-refractivity contribution in [1.82, 2.24) is 21.0 Å². The third-order valence-electron chi connectivity index (χ3n) is 3.67. The maximum atomic E-state index is 11.9. The van der Waals surface area contributed by atoms with Gasteiger partial charge in [0.15, 0.2) is 0 Å². The number of non-ortho nitro benzene ring substituents is 1. The van der Waals surface area contributed by atoms with Gasteiger partial charge >= 0.3 is 0 Å². The Morgan fingerprint density at radius 2 is 1.90 bits per heavy atom. The minimum Gasteiger partial charge on any atom is -0.411 e. The van der Waals surface area contributed by atoms with Crippen molar-refractivity contribution in [2.75, 3.05) is 5.75 Å². The predicted molar refractivity (Wildman–Crippen MR) is 104 cm³/mol. The SMILES string of the molecule is Cc1ccc(C(=O)NNC(=O)CSc2nnc(-c3cccc([N+](=O)[O-])c3)o2)cc1. The number of aryl methyl sites for hydroxylation is 1. The molecule has 2 amide bonds. The molecule has 0 aliphatic rings. The number of thioether (sulfide) groups is 1. The van der Waals surface area contributed by atoms with E-state index in [0.717, 1.165) is 17.3 Å².